The Kier molecular flexibility index (Phi) is 6.99. The Labute approximate surface area is 208 Å². The minimum atomic E-state index is -5.05. The molecule has 0 heterocycles. The summed E-state index contributed by atoms with van der Waals surface area (Å²) in [5.74, 6) is -2.58. The fraction of sp³-hybridized carbons (Fsp3) is 0. The van der Waals surface area contributed by atoms with Crippen LogP contribution in [0.5, 0.6) is 5.75 Å². The molecule has 0 aliphatic heterocycles. The van der Waals surface area contributed by atoms with Gasteiger partial charge in [-0.1, -0.05) is 42.1 Å². The Bertz CT molecular complexity index is 1750. The number of nitrogens with zero attached hydrogens (tertiary/aromatic N) is 2. The van der Waals surface area contributed by atoms with Crippen LogP contribution < -0.4 is 10.2 Å². The number of hydrogen-bond acceptors (Lipinski definition) is 9. The molecule has 0 aliphatic rings. The number of azo groups is 1. The van der Waals surface area contributed by atoms with Crippen LogP contribution >= 0.6 is 0 Å². The van der Waals surface area contributed by atoms with Gasteiger partial charge in [-0.3, -0.25) is 9.11 Å². The molecule has 0 amide bonds. The van der Waals surface area contributed by atoms with E-state index in [0.29, 0.717) is 10.8 Å². The molecule has 0 atom stereocenters. The zero-order valence-electron chi connectivity index (χ0n) is 17.1. The Balaban J connectivity index is 0.00000342. The number of hydrogen-bond donors (Lipinski definition) is 2. The van der Waals surface area contributed by atoms with Gasteiger partial charge >= 0.3 is 17.1 Å². The molecule has 35 heavy (non-hydrogen) atoms. The number of benzene rings is 4. The molecule has 0 saturated heterocycles. The van der Waals surface area contributed by atoms with Crippen molar-refractivity contribution in [2.24, 2.45) is 10.2 Å². The maximum absolute atomic E-state index is 12.6. The van der Waals surface area contributed by atoms with E-state index in [1.165, 1.54) is 24.3 Å². The van der Waals surface area contributed by atoms with Crippen molar-refractivity contribution in [3.8, 4) is 5.75 Å². The fourth-order valence-corrected chi connectivity index (χ4v) is 5.47. The van der Waals surface area contributed by atoms with E-state index in [9.17, 15) is 40.9 Å². The third-order valence-electron chi connectivity index (χ3n) is 4.91. The first kappa shape index (κ1) is 26.2. The van der Waals surface area contributed by atoms with Gasteiger partial charge in [0.05, 0.1) is 17.3 Å². The van der Waals surface area contributed by atoms with Crippen LogP contribution in [0.25, 0.3) is 21.5 Å². The molecular weight excluding hydrogens is 543 g/mol. The molecule has 0 aromatic heterocycles. The number of carboxylic acid groups (broad SMARTS) is 1. The van der Waals surface area contributed by atoms with Crippen molar-refractivity contribution in [2.75, 3.05) is 0 Å². The summed E-state index contributed by atoms with van der Waals surface area (Å²) in [6.45, 7) is 0. The zero-order chi connectivity index (χ0) is 24.8. The second-order valence-electron chi connectivity index (χ2n) is 7.06. The molecule has 0 spiro atoms. The zero-order valence-corrected chi connectivity index (χ0v) is 19.9. The predicted octanol–water partition coefficient (Wildman–Crippen LogP) is 2.34. The molecular formula is C21H12MnN2O9S2. The minimum absolute atomic E-state index is 0. The molecule has 0 fully saturated rings. The maximum Gasteiger partial charge on any atom is 2.00 e. The first-order chi connectivity index (χ1) is 15.9. The van der Waals surface area contributed by atoms with Gasteiger partial charge in [0.2, 0.25) is 0 Å². The largest absolute Gasteiger partial charge is 2.00 e. The SMILES string of the molecule is O=C([O-])c1cc2ccccc2c(N=Nc2ccc3c(S(=O)(=O)O)c(S(=O)(=O)O)ccc3c2)c1[O-].[Mn+2]. The van der Waals surface area contributed by atoms with Crippen LogP contribution in [-0.4, -0.2) is 31.9 Å². The second kappa shape index (κ2) is 9.34. The molecule has 4 aromatic rings. The number of carboxylic acids is 1. The topological polar surface area (TPSA) is 197 Å². The smallest absolute Gasteiger partial charge is 0.871 e. The molecule has 14 heteroatoms. The van der Waals surface area contributed by atoms with Crippen molar-refractivity contribution < 1.29 is 58.0 Å². The molecule has 11 nitrogen and oxygen atoms in total. The number of carbonyl (C=O) groups excluding carboxylic acids is 1. The molecule has 0 unspecified atom stereocenters. The molecule has 179 valence electrons. The standard InChI is InChI=1S/C21H14N2O9S2.Mn/c24-19-16(21(25)26)10-11-3-1-2-4-14(11)18(19)23-22-13-6-7-15-12(9-13)5-8-17(33(27,28)29)20(15)34(30,31)32;/h1-10,24H,(H,25,26)(H,27,28,29)(H,30,31,32);/q;+2/p-2. The molecule has 4 aromatic carbocycles. The van der Waals surface area contributed by atoms with Crippen LogP contribution in [-0.2, 0) is 37.3 Å². The average Bonchev–Trinajstić information content (AvgIpc) is 2.75. The number of carbonyl (C=O) groups is 1. The van der Waals surface area contributed by atoms with Gasteiger partial charge in [-0.2, -0.15) is 27.1 Å². The summed E-state index contributed by atoms with van der Waals surface area (Å²) >= 11 is 0. The molecule has 0 aliphatic carbocycles. The molecule has 1 radical (unpaired) electrons. The first-order valence-electron chi connectivity index (χ1n) is 9.25. The van der Waals surface area contributed by atoms with Gasteiger partial charge in [0.1, 0.15) is 9.79 Å². The van der Waals surface area contributed by atoms with E-state index >= 15 is 0 Å². The average molecular weight is 555 g/mol. The Morgan fingerprint density at radius 2 is 1.46 bits per heavy atom. The summed E-state index contributed by atoms with van der Waals surface area (Å²) in [4.78, 5) is 9.33. The number of rotatable bonds is 5. The number of aromatic carboxylic acids is 1. The normalized spacial score (nSPS) is 12.2. The van der Waals surface area contributed by atoms with Crippen molar-refractivity contribution in [2.45, 2.75) is 9.79 Å². The van der Waals surface area contributed by atoms with Gasteiger partial charge in [-0.05, 0) is 40.6 Å². The summed E-state index contributed by atoms with van der Waals surface area (Å²) < 4.78 is 65.6. The van der Waals surface area contributed by atoms with Gasteiger partial charge in [0.15, 0.2) is 0 Å². The van der Waals surface area contributed by atoms with E-state index in [0.717, 1.165) is 12.1 Å². The summed E-state index contributed by atoms with van der Waals surface area (Å²) in [5.41, 5.74) is -0.754. The van der Waals surface area contributed by atoms with Gasteiger partial charge < -0.3 is 15.0 Å². The van der Waals surface area contributed by atoms with Crippen molar-refractivity contribution >= 4 is 59.1 Å². The van der Waals surface area contributed by atoms with Gasteiger partial charge in [0.25, 0.3) is 20.2 Å². The summed E-state index contributed by atoms with van der Waals surface area (Å²) in [5, 5.41) is 32.4. The van der Waals surface area contributed by atoms with Crippen molar-refractivity contribution in [3.63, 3.8) is 0 Å². The van der Waals surface area contributed by atoms with E-state index < -0.39 is 47.3 Å². The Morgan fingerprint density at radius 1 is 0.800 bits per heavy atom. The van der Waals surface area contributed by atoms with Crippen LogP contribution in [0, 0.1) is 0 Å². The van der Waals surface area contributed by atoms with E-state index in [4.69, 9.17) is 0 Å². The maximum atomic E-state index is 12.6. The van der Waals surface area contributed by atoms with Crippen LogP contribution in [0.15, 0.2) is 80.7 Å². The Morgan fingerprint density at radius 3 is 2.09 bits per heavy atom. The van der Waals surface area contributed by atoms with Gasteiger partial charge in [-0.15, -0.1) is 0 Å². The predicted molar refractivity (Wildman–Crippen MR) is 115 cm³/mol. The van der Waals surface area contributed by atoms with Crippen LogP contribution in [0.2, 0.25) is 0 Å². The molecule has 0 saturated carbocycles. The summed E-state index contributed by atoms with van der Waals surface area (Å²) in [6, 6.07) is 13.2. The second-order valence-corrected chi connectivity index (χ2v) is 9.81. The van der Waals surface area contributed by atoms with Crippen molar-refractivity contribution in [1.82, 2.24) is 0 Å². The minimum Gasteiger partial charge on any atom is -0.871 e. The molecule has 2 N–H and O–H groups in total. The first-order valence-corrected chi connectivity index (χ1v) is 12.1. The Hall–Kier alpha value is -3.39. The van der Waals surface area contributed by atoms with Crippen molar-refractivity contribution in [3.05, 3.63) is 66.2 Å². The van der Waals surface area contributed by atoms with Crippen molar-refractivity contribution in [1.29, 1.82) is 0 Å². The van der Waals surface area contributed by atoms with E-state index in [1.54, 1.807) is 24.3 Å². The van der Waals surface area contributed by atoms with Crippen LogP contribution in [0.4, 0.5) is 11.4 Å². The third kappa shape index (κ3) is 5.03. The van der Waals surface area contributed by atoms with Crippen LogP contribution in [0.1, 0.15) is 10.4 Å². The summed E-state index contributed by atoms with van der Waals surface area (Å²) in [7, 11) is -10.0. The monoisotopic (exact) mass is 555 g/mol. The van der Waals surface area contributed by atoms with E-state index in [1.807, 2.05) is 0 Å². The molecule has 0 bridgehead atoms. The number of fused-ring (bicyclic) bond motifs is 2. The van der Waals surface area contributed by atoms with Gasteiger partial charge in [-0.25, -0.2) is 0 Å². The van der Waals surface area contributed by atoms with Gasteiger partial charge in [0, 0.05) is 10.8 Å². The van der Waals surface area contributed by atoms with E-state index in [2.05, 4.69) is 10.2 Å². The van der Waals surface area contributed by atoms with Crippen LogP contribution in [0.3, 0.4) is 0 Å². The van der Waals surface area contributed by atoms with E-state index in [-0.39, 0.29) is 39.2 Å². The fourth-order valence-electron chi connectivity index (χ4n) is 3.47. The quantitative estimate of drug-likeness (QED) is 0.211. The summed E-state index contributed by atoms with van der Waals surface area (Å²) in [6.07, 6.45) is 0. The third-order valence-corrected chi connectivity index (χ3v) is 6.90. The molecule has 4 rings (SSSR count).